The molecule has 3 nitrogen and oxygen atoms in total. The Labute approximate surface area is 101 Å². The van der Waals surface area contributed by atoms with Crippen molar-refractivity contribution < 1.29 is 9.90 Å². The number of nitrogens with two attached hydrogens (primary N) is 1. The van der Waals surface area contributed by atoms with Gasteiger partial charge >= 0.3 is 5.97 Å². The Morgan fingerprint density at radius 3 is 2.53 bits per heavy atom. The first kappa shape index (κ1) is 10.8. The van der Waals surface area contributed by atoms with E-state index in [0.717, 1.165) is 37.7 Å². The van der Waals surface area contributed by atoms with Gasteiger partial charge in [-0.3, -0.25) is 4.79 Å². The molecule has 2 aliphatic carbocycles. The van der Waals surface area contributed by atoms with Crippen LogP contribution in [0.4, 0.5) is 0 Å². The van der Waals surface area contributed by atoms with Crippen molar-refractivity contribution in [2.24, 2.45) is 5.73 Å². The van der Waals surface area contributed by atoms with Crippen LogP contribution in [0.5, 0.6) is 0 Å². The molecular weight excluding hydrogens is 214 g/mol. The highest BCUT2D eigenvalue weighted by atomic mass is 16.4. The minimum atomic E-state index is -0.691. The van der Waals surface area contributed by atoms with Crippen LogP contribution in [0.3, 0.4) is 0 Å². The zero-order chi connectivity index (χ0) is 12.1. The average molecular weight is 231 g/mol. The van der Waals surface area contributed by atoms with Gasteiger partial charge < -0.3 is 10.8 Å². The maximum absolute atomic E-state index is 11.3. The molecule has 3 N–H and O–H groups in total. The molecule has 0 bridgehead atoms. The third kappa shape index (κ3) is 1.84. The maximum Gasteiger partial charge on any atom is 0.314 e. The quantitative estimate of drug-likeness (QED) is 0.831. The summed E-state index contributed by atoms with van der Waals surface area (Å²) in [5, 5.41) is 9.27. The van der Waals surface area contributed by atoms with Gasteiger partial charge in [0, 0.05) is 5.54 Å². The van der Waals surface area contributed by atoms with Gasteiger partial charge in [-0.15, -0.1) is 0 Å². The number of rotatable bonds is 4. The summed E-state index contributed by atoms with van der Waals surface area (Å²) in [5.74, 6) is -0.691. The third-order valence-electron chi connectivity index (χ3n) is 4.09. The van der Waals surface area contributed by atoms with Gasteiger partial charge in [0.1, 0.15) is 0 Å². The molecule has 0 radical (unpaired) electrons. The summed E-state index contributed by atoms with van der Waals surface area (Å²) < 4.78 is 0. The lowest BCUT2D eigenvalue weighted by atomic mass is 9.92. The Bertz CT molecular complexity index is 473. The van der Waals surface area contributed by atoms with Crippen LogP contribution in [0.25, 0.3) is 0 Å². The molecule has 2 saturated carbocycles. The summed E-state index contributed by atoms with van der Waals surface area (Å²) >= 11 is 0. The number of benzene rings is 1. The molecule has 0 heterocycles. The average Bonchev–Trinajstić information content (AvgIpc) is 3.15. The lowest BCUT2D eigenvalue weighted by molar-refractivity contribution is -0.140. The van der Waals surface area contributed by atoms with Gasteiger partial charge in [0.2, 0.25) is 0 Å². The first-order valence-corrected chi connectivity index (χ1v) is 6.16. The molecule has 0 aromatic heterocycles. The summed E-state index contributed by atoms with van der Waals surface area (Å²) in [7, 11) is 0. The van der Waals surface area contributed by atoms with Crippen molar-refractivity contribution in [1.29, 1.82) is 0 Å². The number of aliphatic carboxylic acids is 1. The molecular formula is C14H17NO2. The van der Waals surface area contributed by atoms with E-state index in [1.54, 1.807) is 0 Å². The van der Waals surface area contributed by atoms with Crippen molar-refractivity contribution in [2.75, 3.05) is 0 Å². The fourth-order valence-electron chi connectivity index (χ4n) is 2.47. The second-order valence-electron chi connectivity index (χ2n) is 5.63. The largest absolute Gasteiger partial charge is 0.481 e. The lowest BCUT2D eigenvalue weighted by Gasteiger charge is -2.13. The van der Waals surface area contributed by atoms with E-state index in [4.69, 9.17) is 5.73 Å². The van der Waals surface area contributed by atoms with Gasteiger partial charge in [-0.25, -0.2) is 0 Å². The van der Waals surface area contributed by atoms with Crippen LogP contribution in [0.2, 0.25) is 0 Å². The molecule has 3 heteroatoms. The van der Waals surface area contributed by atoms with E-state index in [-0.39, 0.29) is 5.54 Å². The van der Waals surface area contributed by atoms with Gasteiger partial charge in [0.05, 0.1) is 5.41 Å². The van der Waals surface area contributed by atoms with E-state index in [1.807, 2.05) is 24.3 Å². The first-order valence-electron chi connectivity index (χ1n) is 6.16. The van der Waals surface area contributed by atoms with Gasteiger partial charge in [-0.05, 0) is 43.2 Å². The summed E-state index contributed by atoms with van der Waals surface area (Å²) in [6, 6.07) is 7.97. The van der Waals surface area contributed by atoms with Crippen molar-refractivity contribution in [3.05, 3.63) is 35.4 Å². The Balaban J connectivity index is 1.86. The van der Waals surface area contributed by atoms with Crippen LogP contribution in [0.1, 0.15) is 36.8 Å². The fourth-order valence-corrected chi connectivity index (χ4v) is 2.47. The predicted octanol–water partition coefficient (Wildman–Crippen LogP) is 1.84. The Hall–Kier alpha value is -1.35. The molecule has 3 rings (SSSR count). The number of hydrogen-bond donors (Lipinski definition) is 2. The van der Waals surface area contributed by atoms with Gasteiger partial charge in [-0.1, -0.05) is 24.3 Å². The number of hydrogen-bond acceptors (Lipinski definition) is 2. The highest BCUT2D eigenvalue weighted by Gasteiger charge is 2.51. The Kier molecular flexibility index (Phi) is 2.11. The van der Waals surface area contributed by atoms with E-state index in [9.17, 15) is 9.90 Å². The number of carboxylic acids is 1. The van der Waals surface area contributed by atoms with Crippen molar-refractivity contribution in [2.45, 2.75) is 43.1 Å². The van der Waals surface area contributed by atoms with Crippen molar-refractivity contribution in [3.63, 3.8) is 0 Å². The summed E-state index contributed by atoms with van der Waals surface area (Å²) in [6.07, 6.45) is 4.57. The normalized spacial score (nSPS) is 23.1. The first-order chi connectivity index (χ1) is 8.04. The molecule has 0 saturated heterocycles. The smallest absolute Gasteiger partial charge is 0.314 e. The molecule has 1 aromatic rings. The summed E-state index contributed by atoms with van der Waals surface area (Å²) in [4.78, 5) is 11.3. The molecule has 17 heavy (non-hydrogen) atoms. The molecule has 0 unspecified atom stereocenters. The van der Waals surface area contributed by atoms with Crippen LogP contribution >= 0.6 is 0 Å². The Morgan fingerprint density at radius 2 is 2.00 bits per heavy atom. The van der Waals surface area contributed by atoms with Crippen molar-refractivity contribution >= 4 is 5.97 Å². The molecule has 0 aliphatic heterocycles. The van der Waals surface area contributed by atoms with Crippen LogP contribution in [-0.4, -0.2) is 16.6 Å². The van der Waals surface area contributed by atoms with Crippen molar-refractivity contribution in [1.82, 2.24) is 0 Å². The lowest BCUT2D eigenvalue weighted by Crippen LogP contribution is -2.25. The van der Waals surface area contributed by atoms with E-state index in [0.29, 0.717) is 0 Å². The zero-order valence-electron chi connectivity index (χ0n) is 9.78. The second-order valence-corrected chi connectivity index (χ2v) is 5.63. The molecule has 0 atom stereocenters. The summed E-state index contributed by atoms with van der Waals surface area (Å²) in [5.41, 5.74) is 7.61. The van der Waals surface area contributed by atoms with Crippen LogP contribution in [0, 0.1) is 0 Å². The molecule has 2 aliphatic rings. The van der Waals surface area contributed by atoms with E-state index in [1.165, 1.54) is 5.56 Å². The molecule has 0 amide bonds. The highest BCUT2D eigenvalue weighted by molar-refractivity contribution is 5.84. The van der Waals surface area contributed by atoms with E-state index >= 15 is 0 Å². The van der Waals surface area contributed by atoms with Crippen molar-refractivity contribution in [3.8, 4) is 0 Å². The third-order valence-corrected chi connectivity index (χ3v) is 4.09. The second kappa shape index (κ2) is 3.33. The van der Waals surface area contributed by atoms with E-state index < -0.39 is 11.4 Å². The summed E-state index contributed by atoms with van der Waals surface area (Å²) in [6.45, 7) is 0. The standard InChI is InChI=1S/C14H17NO2/c15-13(4-5-13)9-10-2-1-3-11(8-10)14(6-7-14)12(16)17/h1-3,8H,4-7,9,15H2,(H,16,17). The van der Waals surface area contributed by atoms with Crippen LogP contribution in [-0.2, 0) is 16.6 Å². The molecule has 1 aromatic carbocycles. The molecule has 2 fully saturated rings. The van der Waals surface area contributed by atoms with Crippen LogP contribution in [0.15, 0.2) is 24.3 Å². The zero-order valence-corrected chi connectivity index (χ0v) is 9.78. The molecule has 0 spiro atoms. The Morgan fingerprint density at radius 1 is 1.29 bits per heavy atom. The number of carbonyl (C=O) groups is 1. The maximum atomic E-state index is 11.3. The minimum absolute atomic E-state index is 0.0153. The predicted molar refractivity (Wildman–Crippen MR) is 64.8 cm³/mol. The molecule has 90 valence electrons. The van der Waals surface area contributed by atoms with Gasteiger partial charge in [-0.2, -0.15) is 0 Å². The van der Waals surface area contributed by atoms with Crippen LogP contribution < -0.4 is 5.73 Å². The fraction of sp³-hybridized carbons (Fsp3) is 0.500. The van der Waals surface area contributed by atoms with Gasteiger partial charge in [0.15, 0.2) is 0 Å². The minimum Gasteiger partial charge on any atom is -0.481 e. The number of carboxylic acid groups (broad SMARTS) is 1. The monoisotopic (exact) mass is 231 g/mol. The highest BCUT2D eigenvalue weighted by Crippen LogP contribution is 2.48. The topological polar surface area (TPSA) is 63.3 Å². The van der Waals surface area contributed by atoms with E-state index in [2.05, 4.69) is 0 Å². The van der Waals surface area contributed by atoms with Gasteiger partial charge in [0.25, 0.3) is 0 Å². The SMILES string of the molecule is NC1(Cc2cccc(C3(C(=O)O)CC3)c2)CC1.